The Bertz CT molecular complexity index is 1180. The minimum Gasteiger partial charge on any atom is -0.360 e. The van der Waals surface area contributed by atoms with Crippen LogP contribution < -0.4 is 5.32 Å². The number of nitrogens with one attached hydrogen (secondary N) is 1. The van der Waals surface area contributed by atoms with Gasteiger partial charge < -0.3 is 14.4 Å². The van der Waals surface area contributed by atoms with Crippen LogP contribution in [0.2, 0.25) is 5.02 Å². The van der Waals surface area contributed by atoms with E-state index in [1.54, 1.807) is 43.6 Å². The Morgan fingerprint density at radius 3 is 2.50 bits per heavy atom. The van der Waals surface area contributed by atoms with Crippen LogP contribution in [0.25, 0.3) is 11.3 Å². The smallest absolute Gasteiger partial charge is 0.258 e. The van der Waals surface area contributed by atoms with Crippen molar-refractivity contribution in [3.05, 3.63) is 94.5 Å². The molecule has 0 saturated carbocycles. The molecule has 0 bridgehead atoms. The first-order valence-electron chi connectivity index (χ1n) is 9.20. The molecule has 2 aromatic heterocycles. The van der Waals surface area contributed by atoms with Gasteiger partial charge in [0.15, 0.2) is 0 Å². The molecule has 0 saturated heterocycles. The molecule has 0 unspecified atom stereocenters. The third-order valence-electron chi connectivity index (χ3n) is 4.80. The molecule has 4 rings (SSSR count). The van der Waals surface area contributed by atoms with Crippen molar-refractivity contribution in [3.63, 3.8) is 0 Å². The zero-order chi connectivity index (χ0) is 21.3. The van der Waals surface area contributed by atoms with E-state index >= 15 is 0 Å². The van der Waals surface area contributed by atoms with Gasteiger partial charge in [0.25, 0.3) is 5.91 Å². The Morgan fingerprint density at radius 1 is 1.17 bits per heavy atom. The molecular formula is C22H18ClFN4O2. The minimum atomic E-state index is -0.523. The molecule has 1 N–H and O–H groups in total. The highest BCUT2D eigenvalue weighted by Crippen LogP contribution is 2.28. The topological polar surface area (TPSA) is 73.0 Å². The summed E-state index contributed by atoms with van der Waals surface area (Å²) in [5.41, 5.74) is 2.03. The number of hydrogen-bond donors (Lipinski definition) is 1. The number of aryl methyl sites for hydroxylation is 2. The average Bonchev–Trinajstić information content (AvgIpc) is 3.33. The van der Waals surface area contributed by atoms with Gasteiger partial charge in [0.05, 0.1) is 0 Å². The summed E-state index contributed by atoms with van der Waals surface area (Å²) in [7, 11) is 1.85. The van der Waals surface area contributed by atoms with Crippen molar-refractivity contribution in [1.29, 1.82) is 0 Å². The maximum atomic E-state index is 13.3. The van der Waals surface area contributed by atoms with Crippen LogP contribution in [-0.2, 0) is 7.05 Å². The van der Waals surface area contributed by atoms with Gasteiger partial charge in [-0.15, -0.1) is 0 Å². The van der Waals surface area contributed by atoms with Gasteiger partial charge in [-0.1, -0.05) is 28.9 Å². The Hall–Kier alpha value is -3.45. The fourth-order valence-electron chi connectivity index (χ4n) is 3.26. The molecule has 2 aromatic carbocycles. The Morgan fingerprint density at radius 2 is 1.87 bits per heavy atom. The van der Waals surface area contributed by atoms with E-state index in [1.807, 2.05) is 23.7 Å². The third kappa shape index (κ3) is 3.84. The summed E-state index contributed by atoms with van der Waals surface area (Å²) >= 11 is 6.02. The first-order chi connectivity index (χ1) is 14.4. The van der Waals surface area contributed by atoms with Gasteiger partial charge in [-0.2, -0.15) is 0 Å². The summed E-state index contributed by atoms with van der Waals surface area (Å²) < 4.78 is 20.4. The number of rotatable bonds is 5. The van der Waals surface area contributed by atoms with Gasteiger partial charge in [0.1, 0.15) is 34.7 Å². The highest BCUT2D eigenvalue weighted by Gasteiger charge is 2.27. The van der Waals surface area contributed by atoms with Crippen molar-refractivity contribution < 1.29 is 13.7 Å². The van der Waals surface area contributed by atoms with Crippen molar-refractivity contribution in [3.8, 4) is 11.3 Å². The molecule has 0 aliphatic rings. The van der Waals surface area contributed by atoms with Crippen molar-refractivity contribution in [2.75, 3.05) is 0 Å². The second kappa shape index (κ2) is 8.12. The first kappa shape index (κ1) is 19.8. The van der Waals surface area contributed by atoms with Crippen LogP contribution in [0.3, 0.4) is 0 Å². The van der Waals surface area contributed by atoms with Crippen molar-refractivity contribution in [2.45, 2.75) is 13.0 Å². The average molecular weight is 425 g/mol. The molecule has 1 amide bonds. The highest BCUT2D eigenvalue weighted by atomic mass is 35.5. The minimum absolute atomic E-state index is 0.287. The second-order valence-electron chi connectivity index (χ2n) is 6.82. The maximum absolute atomic E-state index is 13.3. The molecule has 6 nitrogen and oxygen atoms in total. The Labute approximate surface area is 177 Å². The number of carbonyl (C=O) groups excluding carboxylic acids is 1. The lowest BCUT2D eigenvalue weighted by Crippen LogP contribution is -2.31. The van der Waals surface area contributed by atoms with Gasteiger partial charge >= 0.3 is 0 Å². The van der Waals surface area contributed by atoms with E-state index < -0.39 is 6.04 Å². The lowest BCUT2D eigenvalue weighted by molar-refractivity contribution is 0.0940. The van der Waals surface area contributed by atoms with Gasteiger partial charge in [-0.25, -0.2) is 9.37 Å². The number of aromatic nitrogens is 3. The predicted molar refractivity (Wildman–Crippen MR) is 111 cm³/mol. The molecule has 4 aromatic rings. The van der Waals surface area contributed by atoms with Crippen LogP contribution in [0.15, 0.2) is 65.4 Å². The highest BCUT2D eigenvalue weighted by molar-refractivity contribution is 6.30. The Balaban J connectivity index is 1.72. The van der Waals surface area contributed by atoms with Gasteiger partial charge in [0, 0.05) is 30.0 Å². The molecule has 0 spiro atoms. The van der Waals surface area contributed by atoms with Gasteiger partial charge in [0.2, 0.25) is 0 Å². The zero-order valence-electron chi connectivity index (χ0n) is 16.3. The van der Waals surface area contributed by atoms with Crippen LogP contribution in [0, 0.1) is 12.7 Å². The second-order valence-corrected chi connectivity index (χ2v) is 7.26. The van der Waals surface area contributed by atoms with Crippen molar-refractivity contribution in [2.24, 2.45) is 7.05 Å². The molecule has 30 heavy (non-hydrogen) atoms. The lowest BCUT2D eigenvalue weighted by atomic mass is 10.0. The molecular weight excluding hydrogens is 407 g/mol. The van der Waals surface area contributed by atoms with Gasteiger partial charge in [-0.3, -0.25) is 4.79 Å². The quantitative estimate of drug-likeness (QED) is 0.504. The normalized spacial score (nSPS) is 12.0. The van der Waals surface area contributed by atoms with E-state index in [-0.39, 0.29) is 17.3 Å². The summed E-state index contributed by atoms with van der Waals surface area (Å²) in [5.74, 6) is 0.267. The van der Waals surface area contributed by atoms with E-state index in [9.17, 15) is 9.18 Å². The van der Waals surface area contributed by atoms with Crippen LogP contribution in [0.1, 0.15) is 33.5 Å². The van der Waals surface area contributed by atoms with Crippen LogP contribution in [0.5, 0.6) is 0 Å². The zero-order valence-corrected chi connectivity index (χ0v) is 17.0. The molecule has 0 fully saturated rings. The number of imidazole rings is 1. The predicted octanol–water partition coefficient (Wildman–Crippen LogP) is 4.70. The number of carbonyl (C=O) groups is 1. The standard InChI is InChI=1S/C22H18ClFN4O2/c1-13-18(19(27-30-13)14-5-9-17(24)10-6-14)22(29)26-20(21-25-11-12-28(21)2)15-3-7-16(23)8-4-15/h3-12,20H,1-2H3,(H,26,29)/t20-/m0/s1. The van der Waals surface area contributed by atoms with Crippen molar-refractivity contribution in [1.82, 2.24) is 20.0 Å². The summed E-state index contributed by atoms with van der Waals surface area (Å²) in [6, 6.07) is 12.4. The number of benzene rings is 2. The number of amides is 1. The summed E-state index contributed by atoms with van der Waals surface area (Å²) in [5, 5.41) is 7.63. The number of halogens is 2. The largest absolute Gasteiger partial charge is 0.360 e. The Kier molecular flexibility index (Phi) is 5.37. The van der Waals surface area contributed by atoms with E-state index in [4.69, 9.17) is 16.1 Å². The monoisotopic (exact) mass is 424 g/mol. The molecule has 0 aliphatic heterocycles. The molecule has 0 aliphatic carbocycles. The summed E-state index contributed by atoms with van der Waals surface area (Å²) in [4.78, 5) is 17.7. The van der Waals surface area contributed by atoms with E-state index in [0.717, 1.165) is 5.56 Å². The van der Waals surface area contributed by atoms with Crippen LogP contribution >= 0.6 is 11.6 Å². The maximum Gasteiger partial charge on any atom is 0.258 e. The molecule has 1 atom stereocenters. The SMILES string of the molecule is Cc1onc(-c2ccc(F)cc2)c1C(=O)N[C@@H](c1ccc(Cl)cc1)c1nccn1C. The van der Waals surface area contributed by atoms with E-state index in [2.05, 4.69) is 15.5 Å². The lowest BCUT2D eigenvalue weighted by Gasteiger charge is -2.19. The molecule has 0 radical (unpaired) electrons. The van der Waals surface area contributed by atoms with Gasteiger partial charge in [-0.05, 0) is 48.9 Å². The molecule has 152 valence electrons. The van der Waals surface area contributed by atoms with E-state index in [1.165, 1.54) is 12.1 Å². The van der Waals surface area contributed by atoms with Crippen LogP contribution in [0.4, 0.5) is 4.39 Å². The van der Waals surface area contributed by atoms with Crippen molar-refractivity contribution >= 4 is 17.5 Å². The van der Waals surface area contributed by atoms with E-state index in [0.29, 0.717) is 27.9 Å². The summed E-state index contributed by atoms with van der Waals surface area (Å²) in [6.45, 7) is 1.66. The summed E-state index contributed by atoms with van der Waals surface area (Å²) in [6.07, 6.45) is 3.47. The molecule has 8 heteroatoms. The fourth-order valence-corrected chi connectivity index (χ4v) is 3.38. The fraction of sp³-hybridized carbons (Fsp3) is 0.136. The number of hydrogen-bond acceptors (Lipinski definition) is 4. The molecule has 2 heterocycles. The first-order valence-corrected chi connectivity index (χ1v) is 9.57. The van der Waals surface area contributed by atoms with Crippen LogP contribution in [-0.4, -0.2) is 20.6 Å². The third-order valence-corrected chi connectivity index (χ3v) is 5.05. The number of nitrogens with zero attached hydrogens (tertiary/aromatic N) is 3.